The fourth-order valence-corrected chi connectivity index (χ4v) is 3.69. The average molecular weight is 427 g/mol. The molecule has 0 aliphatic rings. The summed E-state index contributed by atoms with van der Waals surface area (Å²) in [4.78, 5) is 1.13. The van der Waals surface area contributed by atoms with Crippen LogP contribution in [0.5, 0.6) is 11.5 Å². The lowest BCUT2D eigenvalue weighted by Gasteiger charge is -2.13. The molecule has 6 heteroatoms. The van der Waals surface area contributed by atoms with Crippen LogP contribution in [0.15, 0.2) is 32.5 Å². The average Bonchev–Trinajstić information content (AvgIpc) is 2.82. The van der Waals surface area contributed by atoms with E-state index in [2.05, 4.69) is 31.9 Å². The molecule has 2 aromatic rings. The van der Waals surface area contributed by atoms with E-state index in [0.717, 1.165) is 19.4 Å². The smallest absolute Gasteiger partial charge is 0.175 e. The summed E-state index contributed by atoms with van der Waals surface area (Å²) in [5.74, 6) is 1.81. The van der Waals surface area contributed by atoms with Gasteiger partial charge in [0.05, 0.1) is 16.5 Å². The van der Waals surface area contributed by atoms with Crippen molar-refractivity contribution < 1.29 is 9.47 Å². The molecule has 2 rings (SSSR count). The third kappa shape index (κ3) is 3.66. The fraction of sp³-hybridized carbons (Fsp3) is 0.231. The van der Waals surface area contributed by atoms with E-state index in [1.807, 2.05) is 23.6 Å². The highest BCUT2D eigenvalue weighted by atomic mass is 79.9. The second-order valence-corrected chi connectivity index (χ2v) is 6.70. The van der Waals surface area contributed by atoms with Gasteiger partial charge in [-0.15, -0.1) is 22.9 Å². The van der Waals surface area contributed by atoms with Gasteiger partial charge < -0.3 is 9.47 Å². The van der Waals surface area contributed by atoms with Crippen molar-refractivity contribution in [3.05, 3.63) is 43.0 Å². The first kappa shape index (κ1) is 15.2. The van der Waals surface area contributed by atoms with E-state index in [1.54, 1.807) is 18.4 Å². The fourth-order valence-electron chi connectivity index (χ4n) is 1.56. The Labute approximate surface area is 137 Å². The van der Waals surface area contributed by atoms with Crippen LogP contribution in [0, 0.1) is 0 Å². The molecule has 0 unspecified atom stereocenters. The maximum atomic E-state index is 5.85. The van der Waals surface area contributed by atoms with Crippen molar-refractivity contribution >= 4 is 54.8 Å². The number of hydrogen-bond donors (Lipinski definition) is 0. The van der Waals surface area contributed by atoms with Gasteiger partial charge in [0, 0.05) is 10.4 Å². The van der Waals surface area contributed by atoms with Crippen molar-refractivity contribution in [3.8, 4) is 11.5 Å². The molecule has 0 amide bonds. The molecule has 2 nitrogen and oxygen atoms in total. The maximum absolute atomic E-state index is 5.85. The maximum Gasteiger partial charge on any atom is 0.175 e. The molecule has 0 fully saturated rings. The number of benzene rings is 1. The van der Waals surface area contributed by atoms with E-state index in [0.29, 0.717) is 24.0 Å². The van der Waals surface area contributed by atoms with Crippen LogP contribution >= 0.6 is 54.8 Å². The summed E-state index contributed by atoms with van der Waals surface area (Å²) >= 11 is 14.5. The van der Waals surface area contributed by atoms with Gasteiger partial charge in [0.1, 0.15) is 6.61 Å². The second-order valence-electron chi connectivity index (χ2n) is 3.72. The summed E-state index contributed by atoms with van der Waals surface area (Å²) in [7, 11) is 1.62. The van der Waals surface area contributed by atoms with Crippen molar-refractivity contribution in [3.63, 3.8) is 0 Å². The summed E-state index contributed by atoms with van der Waals surface area (Å²) in [5, 5.41) is 2.02. The lowest BCUT2D eigenvalue weighted by Crippen LogP contribution is -1.98. The Balaban J connectivity index is 2.22. The predicted molar refractivity (Wildman–Crippen MR) is 86.6 cm³/mol. The molecule has 1 heterocycles. The van der Waals surface area contributed by atoms with Crippen LogP contribution in [0.25, 0.3) is 0 Å². The molecule has 0 N–H and O–H groups in total. The molecule has 0 aliphatic carbocycles. The summed E-state index contributed by atoms with van der Waals surface area (Å²) in [5.41, 5.74) is 0.982. The van der Waals surface area contributed by atoms with Crippen molar-refractivity contribution in [2.45, 2.75) is 12.5 Å². The molecule has 0 saturated heterocycles. The summed E-state index contributed by atoms with van der Waals surface area (Å²) < 4.78 is 13.1. The quantitative estimate of drug-likeness (QED) is 0.580. The van der Waals surface area contributed by atoms with Crippen LogP contribution in [0.1, 0.15) is 10.4 Å². The molecule has 0 aliphatic heterocycles. The Bertz CT molecular complexity index is 572. The molecule has 19 heavy (non-hydrogen) atoms. The minimum atomic E-state index is 0.436. The lowest BCUT2D eigenvalue weighted by atomic mass is 10.2. The molecule has 1 aromatic heterocycles. The van der Waals surface area contributed by atoms with Crippen molar-refractivity contribution in [2.24, 2.45) is 0 Å². The molecule has 1 aromatic carbocycles. The van der Waals surface area contributed by atoms with Crippen LogP contribution in [0.4, 0.5) is 0 Å². The van der Waals surface area contributed by atoms with E-state index < -0.39 is 0 Å². The van der Waals surface area contributed by atoms with Gasteiger partial charge in [-0.2, -0.15) is 0 Å². The highest BCUT2D eigenvalue weighted by Crippen LogP contribution is 2.38. The predicted octanol–water partition coefficient (Wildman–Crippen LogP) is 5.60. The van der Waals surface area contributed by atoms with E-state index >= 15 is 0 Å². The van der Waals surface area contributed by atoms with E-state index in [-0.39, 0.29) is 0 Å². The topological polar surface area (TPSA) is 18.5 Å². The van der Waals surface area contributed by atoms with Gasteiger partial charge >= 0.3 is 0 Å². The lowest BCUT2D eigenvalue weighted by molar-refractivity contribution is 0.284. The number of thiophene rings is 1. The monoisotopic (exact) mass is 424 g/mol. The number of halogens is 3. The molecular weight excluding hydrogens is 415 g/mol. The highest BCUT2D eigenvalue weighted by Gasteiger charge is 2.12. The third-order valence-electron chi connectivity index (χ3n) is 2.48. The van der Waals surface area contributed by atoms with Gasteiger partial charge in [0.15, 0.2) is 11.5 Å². The van der Waals surface area contributed by atoms with Crippen molar-refractivity contribution in [1.82, 2.24) is 0 Å². The number of ether oxygens (including phenoxy) is 2. The SMILES string of the molecule is COc1cc(CCl)cc(Br)c1OCc1sccc1Br. The van der Waals surface area contributed by atoms with Crippen molar-refractivity contribution in [1.29, 1.82) is 0 Å². The Morgan fingerprint density at radius 2 is 2.05 bits per heavy atom. The van der Waals surface area contributed by atoms with E-state index in [1.165, 1.54) is 0 Å². The van der Waals surface area contributed by atoms with Gasteiger partial charge in [-0.05, 0) is 61.0 Å². The molecule has 102 valence electrons. The largest absolute Gasteiger partial charge is 0.493 e. The van der Waals surface area contributed by atoms with Crippen LogP contribution in [0.2, 0.25) is 0 Å². The van der Waals surface area contributed by atoms with Gasteiger partial charge in [-0.25, -0.2) is 0 Å². The van der Waals surface area contributed by atoms with E-state index in [9.17, 15) is 0 Å². The Morgan fingerprint density at radius 1 is 1.26 bits per heavy atom. The Morgan fingerprint density at radius 3 is 2.63 bits per heavy atom. The first-order valence-corrected chi connectivity index (χ1v) is 8.42. The summed E-state index contributed by atoms with van der Waals surface area (Å²) in [6.07, 6.45) is 0. The third-order valence-corrected chi connectivity index (χ3v) is 5.28. The molecule has 0 bridgehead atoms. The molecule has 0 radical (unpaired) electrons. The standard InChI is InChI=1S/C13H11Br2ClO2S/c1-17-11-5-8(6-16)4-10(15)13(11)18-7-12-9(14)2-3-19-12/h2-5H,6-7H2,1H3. The molecule has 0 atom stereocenters. The summed E-state index contributed by atoms with van der Waals surface area (Å²) in [6, 6.07) is 5.83. The highest BCUT2D eigenvalue weighted by molar-refractivity contribution is 9.10. The van der Waals surface area contributed by atoms with Gasteiger partial charge in [-0.1, -0.05) is 0 Å². The zero-order valence-corrected chi connectivity index (χ0v) is 14.8. The summed E-state index contributed by atoms with van der Waals surface area (Å²) in [6.45, 7) is 0.493. The number of hydrogen-bond acceptors (Lipinski definition) is 3. The molecular formula is C13H11Br2ClO2S. The zero-order chi connectivity index (χ0) is 13.8. The Hall–Kier alpha value is -0.230. The van der Waals surface area contributed by atoms with Gasteiger partial charge in [0.25, 0.3) is 0 Å². The number of methoxy groups -OCH3 is 1. The second kappa shape index (κ2) is 6.97. The van der Waals surface area contributed by atoms with Gasteiger partial charge in [-0.3, -0.25) is 0 Å². The number of alkyl halides is 1. The van der Waals surface area contributed by atoms with Crippen LogP contribution in [0.3, 0.4) is 0 Å². The minimum absolute atomic E-state index is 0.436. The Kier molecular flexibility index (Phi) is 5.57. The van der Waals surface area contributed by atoms with Crippen LogP contribution in [-0.2, 0) is 12.5 Å². The minimum Gasteiger partial charge on any atom is -0.493 e. The number of rotatable bonds is 5. The van der Waals surface area contributed by atoms with Crippen LogP contribution in [-0.4, -0.2) is 7.11 Å². The normalized spacial score (nSPS) is 10.5. The van der Waals surface area contributed by atoms with E-state index in [4.69, 9.17) is 21.1 Å². The zero-order valence-electron chi connectivity index (χ0n) is 10.1. The first-order chi connectivity index (χ1) is 9.15. The van der Waals surface area contributed by atoms with Crippen molar-refractivity contribution in [2.75, 3.05) is 7.11 Å². The van der Waals surface area contributed by atoms with Gasteiger partial charge in [0.2, 0.25) is 0 Å². The first-order valence-electron chi connectivity index (χ1n) is 5.42. The molecule has 0 spiro atoms. The van der Waals surface area contributed by atoms with Crippen LogP contribution < -0.4 is 9.47 Å². The molecule has 0 saturated carbocycles.